The van der Waals surface area contributed by atoms with Gasteiger partial charge in [-0.1, -0.05) is 42.5 Å². The molecule has 0 radical (unpaired) electrons. The van der Waals surface area contributed by atoms with Gasteiger partial charge in [0.15, 0.2) is 0 Å². The Kier molecular flexibility index (Phi) is 4.94. The molecule has 32 heavy (non-hydrogen) atoms. The highest BCUT2D eigenvalue weighted by Crippen LogP contribution is 2.55. The average Bonchev–Trinajstić information content (AvgIpc) is 2.94. The van der Waals surface area contributed by atoms with Crippen molar-refractivity contribution in [2.45, 2.75) is 30.3 Å². The van der Waals surface area contributed by atoms with Gasteiger partial charge in [0.25, 0.3) is 5.91 Å². The summed E-state index contributed by atoms with van der Waals surface area (Å²) in [6.07, 6.45) is 0.506. The molecule has 0 spiro atoms. The van der Waals surface area contributed by atoms with Gasteiger partial charge < -0.3 is 9.64 Å². The third-order valence-corrected chi connectivity index (χ3v) is 7.06. The molecular formula is C26H23ClN2O3. The Morgan fingerprint density at radius 1 is 0.969 bits per heavy atom. The zero-order valence-corrected chi connectivity index (χ0v) is 18.6. The van der Waals surface area contributed by atoms with Gasteiger partial charge in [0, 0.05) is 11.6 Å². The molecule has 0 N–H and O–H groups in total. The molecule has 2 aliphatic rings. The Hall–Kier alpha value is -3.31. The first-order chi connectivity index (χ1) is 15.5. The van der Waals surface area contributed by atoms with E-state index in [1.807, 2.05) is 85.8 Å². The first-order valence-corrected chi connectivity index (χ1v) is 11.0. The van der Waals surface area contributed by atoms with Crippen molar-refractivity contribution in [2.75, 3.05) is 16.9 Å². The van der Waals surface area contributed by atoms with E-state index in [1.165, 1.54) is 0 Å². The lowest BCUT2D eigenvalue weighted by atomic mass is 9.72. The van der Waals surface area contributed by atoms with E-state index in [0.717, 1.165) is 11.3 Å². The van der Waals surface area contributed by atoms with Crippen LogP contribution in [0.5, 0.6) is 5.75 Å². The molecule has 0 aliphatic carbocycles. The minimum Gasteiger partial charge on any atom is -0.497 e. The highest BCUT2D eigenvalue weighted by molar-refractivity contribution is 6.38. The molecule has 6 heteroatoms. The number of hydrogen-bond acceptors (Lipinski definition) is 3. The minimum atomic E-state index is -0.758. The molecule has 1 saturated heterocycles. The lowest BCUT2D eigenvalue weighted by Crippen LogP contribution is -2.71. The van der Waals surface area contributed by atoms with Gasteiger partial charge in [0.1, 0.15) is 16.7 Å². The number of carbonyl (C=O) groups excluding carboxylic acids is 2. The average molecular weight is 447 g/mol. The van der Waals surface area contributed by atoms with Gasteiger partial charge in [0.2, 0.25) is 5.91 Å². The topological polar surface area (TPSA) is 49.9 Å². The maximum atomic E-state index is 13.6. The quantitative estimate of drug-likeness (QED) is 0.421. The van der Waals surface area contributed by atoms with E-state index >= 15 is 0 Å². The number of halogens is 1. The number of hydrogen-bond donors (Lipinski definition) is 0. The lowest BCUT2D eigenvalue weighted by Gasteiger charge is -2.55. The molecule has 0 saturated carbocycles. The monoisotopic (exact) mass is 446 g/mol. The van der Waals surface area contributed by atoms with Gasteiger partial charge in [-0.3, -0.25) is 14.5 Å². The molecule has 3 atom stereocenters. The summed E-state index contributed by atoms with van der Waals surface area (Å²) in [5.74, 6) is 0.476. The van der Waals surface area contributed by atoms with Crippen LogP contribution in [0.1, 0.15) is 29.3 Å². The zero-order chi connectivity index (χ0) is 22.5. The highest BCUT2D eigenvalue weighted by Gasteiger charge is 2.63. The molecule has 3 aromatic rings. The fraction of sp³-hybridized carbons (Fsp3) is 0.231. The molecule has 0 aromatic heterocycles. The second kappa shape index (κ2) is 7.68. The van der Waals surface area contributed by atoms with Crippen LogP contribution in [0, 0.1) is 0 Å². The van der Waals surface area contributed by atoms with Crippen LogP contribution in [0.15, 0.2) is 78.9 Å². The van der Waals surface area contributed by atoms with E-state index in [4.69, 9.17) is 16.3 Å². The number of benzene rings is 3. The number of alkyl halides is 1. The minimum absolute atomic E-state index is 0.100. The summed E-state index contributed by atoms with van der Waals surface area (Å²) in [6, 6.07) is 24.2. The number of anilines is 2. The molecule has 1 fully saturated rings. The summed E-state index contributed by atoms with van der Waals surface area (Å²) in [5, 5.41) is -0.724. The zero-order valence-electron chi connectivity index (χ0n) is 17.9. The lowest BCUT2D eigenvalue weighted by molar-refractivity contribution is -0.127. The standard InChI is InChI=1S/C26H23ClN2O3/c1-17-16-26(19-12-14-20(32-2)15-13-19)23(27)25(31)29(26)22-11-7-6-10-21(22)28(17)24(30)18-8-4-3-5-9-18/h3-15,17,23H,16H2,1-2H3/t17-,23-,26-/m0/s1. The Morgan fingerprint density at radius 3 is 2.25 bits per heavy atom. The number of β-lactam (4-membered cyclic amide) rings is 1. The van der Waals surface area contributed by atoms with Crippen LogP contribution in [0.25, 0.3) is 0 Å². The largest absolute Gasteiger partial charge is 0.497 e. The van der Waals surface area contributed by atoms with Gasteiger partial charge >= 0.3 is 0 Å². The molecule has 2 heterocycles. The summed E-state index contributed by atoms with van der Waals surface area (Å²) < 4.78 is 5.32. The Labute approximate surface area is 192 Å². The first-order valence-electron chi connectivity index (χ1n) is 10.6. The number of ether oxygens (including phenoxy) is 1. The van der Waals surface area contributed by atoms with Crippen molar-refractivity contribution in [3.05, 3.63) is 90.0 Å². The van der Waals surface area contributed by atoms with E-state index in [-0.39, 0.29) is 17.9 Å². The smallest absolute Gasteiger partial charge is 0.258 e. The molecule has 3 aromatic carbocycles. The Balaban J connectivity index is 1.68. The fourth-order valence-corrected chi connectivity index (χ4v) is 5.44. The first kappa shape index (κ1) is 20.6. The van der Waals surface area contributed by atoms with Crippen LogP contribution in [0.2, 0.25) is 0 Å². The molecule has 162 valence electrons. The van der Waals surface area contributed by atoms with Gasteiger partial charge in [-0.15, -0.1) is 11.6 Å². The predicted octanol–water partition coefficient (Wildman–Crippen LogP) is 4.98. The molecule has 0 unspecified atom stereocenters. The van der Waals surface area contributed by atoms with Crippen molar-refractivity contribution < 1.29 is 14.3 Å². The van der Waals surface area contributed by atoms with Crippen LogP contribution in [-0.4, -0.2) is 30.3 Å². The highest BCUT2D eigenvalue weighted by atomic mass is 35.5. The maximum absolute atomic E-state index is 13.6. The maximum Gasteiger partial charge on any atom is 0.258 e. The van der Waals surface area contributed by atoms with Crippen LogP contribution in [0.3, 0.4) is 0 Å². The predicted molar refractivity (Wildman–Crippen MR) is 126 cm³/mol. The van der Waals surface area contributed by atoms with E-state index in [1.54, 1.807) is 16.9 Å². The molecular weight excluding hydrogens is 424 g/mol. The van der Waals surface area contributed by atoms with Gasteiger partial charge in [-0.05, 0) is 55.3 Å². The van der Waals surface area contributed by atoms with Crippen molar-refractivity contribution >= 4 is 34.8 Å². The number of amides is 2. The molecule has 5 nitrogen and oxygen atoms in total. The molecule has 2 aliphatic heterocycles. The summed E-state index contributed by atoms with van der Waals surface area (Å²) in [6.45, 7) is 2.01. The summed E-state index contributed by atoms with van der Waals surface area (Å²) >= 11 is 6.76. The number of fused-ring (bicyclic) bond motifs is 3. The number of para-hydroxylation sites is 2. The molecule has 0 bridgehead atoms. The van der Waals surface area contributed by atoms with Gasteiger partial charge in [0.05, 0.1) is 18.5 Å². The molecule has 5 rings (SSSR count). The normalized spacial score (nSPS) is 24.2. The summed E-state index contributed by atoms with van der Waals surface area (Å²) in [5.41, 5.74) is 2.17. The van der Waals surface area contributed by atoms with Crippen LogP contribution in [-0.2, 0) is 10.3 Å². The van der Waals surface area contributed by atoms with Crippen molar-refractivity contribution in [2.24, 2.45) is 0 Å². The summed E-state index contributed by atoms with van der Waals surface area (Å²) in [4.78, 5) is 30.3. The van der Waals surface area contributed by atoms with Crippen LogP contribution in [0.4, 0.5) is 11.4 Å². The number of rotatable bonds is 3. The Morgan fingerprint density at radius 2 is 1.59 bits per heavy atom. The number of methoxy groups -OCH3 is 1. The van der Waals surface area contributed by atoms with Gasteiger partial charge in [-0.25, -0.2) is 0 Å². The third-order valence-electron chi connectivity index (χ3n) is 6.51. The number of carbonyl (C=O) groups is 2. The van der Waals surface area contributed by atoms with Crippen molar-refractivity contribution in [1.82, 2.24) is 0 Å². The fourth-order valence-electron chi connectivity index (χ4n) is 5.03. The van der Waals surface area contributed by atoms with E-state index in [0.29, 0.717) is 23.4 Å². The Bertz CT molecular complexity index is 1180. The second-order valence-electron chi connectivity index (χ2n) is 8.27. The SMILES string of the molecule is COc1ccc([C@]23C[C@H](C)N(C(=O)c4ccccc4)c4ccccc4N2C(=O)[C@@H]3Cl)cc1. The van der Waals surface area contributed by atoms with E-state index in [2.05, 4.69) is 0 Å². The van der Waals surface area contributed by atoms with Crippen molar-refractivity contribution in [3.63, 3.8) is 0 Å². The van der Waals surface area contributed by atoms with Crippen LogP contribution >= 0.6 is 11.6 Å². The second-order valence-corrected chi connectivity index (χ2v) is 8.71. The number of nitrogens with zero attached hydrogens (tertiary/aromatic N) is 2. The van der Waals surface area contributed by atoms with Crippen molar-refractivity contribution in [3.8, 4) is 5.75 Å². The van der Waals surface area contributed by atoms with E-state index in [9.17, 15) is 9.59 Å². The van der Waals surface area contributed by atoms with Crippen molar-refractivity contribution in [1.29, 1.82) is 0 Å². The van der Waals surface area contributed by atoms with E-state index < -0.39 is 10.9 Å². The van der Waals surface area contributed by atoms with Gasteiger partial charge in [-0.2, -0.15) is 0 Å². The molecule has 2 amide bonds. The van der Waals surface area contributed by atoms with Crippen LogP contribution < -0.4 is 14.5 Å². The summed E-state index contributed by atoms with van der Waals surface area (Å²) in [7, 11) is 1.62. The third kappa shape index (κ3) is 2.84.